The highest BCUT2D eigenvalue weighted by atomic mass is 32.1. The van der Waals surface area contributed by atoms with Crippen LogP contribution in [0.15, 0.2) is 6.20 Å². The molecule has 0 saturated carbocycles. The normalized spacial score (nSPS) is 18.1. The van der Waals surface area contributed by atoms with Gasteiger partial charge in [-0.25, -0.2) is 4.98 Å². The summed E-state index contributed by atoms with van der Waals surface area (Å²) in [5, 5.41) is 5.24. The lowest BCUT2D eigenvalue weighted by Gasteiger charge is -2.10. The quantitative estimate of drug-likeness (QED) is 0.808. The molecule has 0 radical (unpaired) electrons. The molecule has 2 aromatic heterocycles. The third-order valence-electron chi connectivity index (χ3n) is 4.08. The molecule has 6 heteroatoms. The van der Waals surface area contributed by atoms with Crippen molar-refractivity contribution in [3.8, 4) is 10.6 Å². The first-order chi connectivity index (χ1) is 9.74. The van der Waals surface area contributed by atoms with Gasteiger partial charge in [0.05, 0.1) is 22.5 Å². The summed E-state index contributed by atoms with van der Waals surface area (Å²) in [5.41, 5.74) is 3.62. The first kappa shape index (κ1) is 12.1. The van der Waals surface area contributed by atoms with E-state index in [4.69, 9.17) is 4.98 Å². The van der Waals surface area contributed by atoms with Crippen molar-refractivity contribution in [3.05, 3.63) is 17.5 Å². The van der Waals surface area contributed by atoms with Crippen LogP contribution in [0.3, 0.4) is 0 Å². The van der Waals surface area contributed by atoms with Crippen molar-refractivity contribution in [3.63, 3.8) is 0 Å². The number of carbonyl (C=O) groups excluding carboxylic acids is 1. The van der Waals surface area contributed by atoms with Crippen LogP contribution in [0.5, 0.6) is 0 Å². The Hall–Kier alpha value is -1.69. The second-order valence-electron chi connectivity index (χ2n) is 5.42. The first-order valence-corrected chi connectivity index (χ1v) is 7.87. The molecule has 1 amide bonds. The van der Waals surface area contributed by atoms with Crippen molar-refractivity contribution in [1.29, 1.82) is 0 Å². The molecule has 1 saturated heterocycles. The molecular weight excluding hydrogens is 272 g/mol. The van der Waals surface area contributed by atoms with E-state index in [1.165, 1.54) is 16.1 Å². The molecule has 0 spiro atoms. The minimum absolute atomic E-state index is 0.208. The van der Waals surface area contributed by atoms with E-state index < -0.39 is 0 Å². The number of thiazole rings is 1. The zero-order valence-corrected chi connectivity index (χ0v) is 12.2. The van der Waals surface area contributed by atoms with Gasteiger partial charge in [-0.2, -0.15) is 5.10 Å². The zero-order chi connectivity index (χ0) is 13.7. The fourth-order valence-corrected chi connectivity index (χ4v) is 4.33. The zero-order valence-electron chi connectivity index (χ0n) is 11.4. The number of aryl methyl sites for hydroxylation is 3. The minimum atomic E-state index is 0.208. The van der Waals surface area contributed by atoms with Gasteiger partial charge in [0.15, 0.2) is 5.13 Å². The van der Waals surface area contributed by atoms with Crippen molar-refractivity contribution < 1.29 is 4.79 Å². The second kappa shape index (κ2) is 4.41. The smallest absolute Gasteiger partial charge is 0.228 e. The van der Waals surface area contributed by atoms with Crippen LogP contribution in [-0.4, -0.2) is 27.2 Å². The molecule has 0 unspecified atom stereocenters. The number of hydrogen-bond donors (Lipinski definition) is 0. The fourth-order valence-electron chi connectivity index (χ4n) is 3.06. The molecule has 104 valence electrons. The number of aromatic nitrogens is 3. The third-order valence-corrected chi connectivity index (χ3v) is 5.21. The first-order valence-electron chi connectivity index (χ1n) is 7.05. The molecule has 0 bridgehead atoms. The largest absolute Gasteiger partial charge is 0.288 e. The van der Waals surface area contributed by atoms with Crippen LogP contribution in [0.1, 0.15) is 30.5 Å². The van der Waals surface area contributed by atoms with E-state index in [-0.39, 0.29) is 5.91 Å². The maximum Gasteiger partial charge on any atom is 0.228 e. The van der Waals surface area contributed by atoms with Gasteiger partial charge in [-0.1, -0.05) is 11.3 Å². The third kappa shape index (κ3) is 1.71. The molecular formula is C14H16N4OS. The van der Waals surface area contributed by atoms with E-state index in [1.54, 1.807) is 11.3 Å². The van der Waals surface area contributed by atoms with Crippen molar-refractivity contribution in [2.45, 2.75) is 32.1 Å². The van der Waals surface area contributed by atoms with Gasteiger partial charge in [-0.15, -0.1) is 0 Å². The van der Waals surface area contributed by atoms with Gasteiger partial charge in [0.25, 0.3) is 0 Å². The Morgan fingerprint density at radius 3 is 2.95 bits per heavy atom. The topological polar surface area (TPSA) is 51.0 Å². The number of anilines is 1. The number of hydrogen-bond acceptors (Lipinski definition) is 4. The average Bonchev–Trinajstić information content (AvgIpc) is 3.08. The summed E-state index contributed by atoms with van der Waals surface area (Å²) in [6, 6.07) is 0. The summed E-state index contributed by atoms with van der Waals surface area (Å²) >= 11 is 1.64. The van der Waals surface area contributed by atoms with E-state index in [2.05, 4.69) is 5.10 Å². The molecule has 2 aliphatic rings. The van der Waals surface area contributed by atoms with Gasteiger partial charge in [-0.3, -0.25) is 14.4 Å². The van der Waals surface area contributed by atoms with Crippen molar-refractivity contribution >= 4 is 22.4 Å². The molecule has 0 aromatic carbocycles. The van der Waals surface area contributed by atoms with Crippen LogP contribution in [-0.2, 0) is 24.7 Å². The van der Waals surface area contributed by atoms with Gasteiger partial charge in [-0.05, 0) is 31.2 Å². The summed E-state index contributed by atoms with van der Waals surface area (Å²) in [6.07, 6.45) is 6.71. The SMILES string of the molecule is Cn1ncc2c1-c1sc(N3CCCC3=O)nc1CCC2. The van der Waals surface area contributed by atoms with Crippen LogP contribution in [0.25, 0.3) is 10.6 Å². The molecule has 4 rings (SSSR count). The standard InChI is InChI=1S/C14H16N4OS/c1-17-12-9(8-15-17)4-2-5-10-13(12)20-14(16-10)18-7-3-6-11(18)19/h8H,2-7H2,1H3. The van der Waals surface area contributed by atoms with E-state index >= 15 is 0 Å². The van der Waals surface area contributed by atoms with Crippen LogP contribution in [0, 0.1) is 0 Å². The summed E-state index contributed by atoms with van der Waals surface area (Å²) < 4.78 is 1.94. The van der Waals surface area contributed by atoms with Crippen LogP contribution in [0.4, 0.5) is 5.13 Å². The van der Waals surface area contributed by atoms with Crippen molar-refractivity contribution in [2.24, 2.45) is 7.05 Å². The van der Waals surface area contributed by atoms with Crippen molar-refractivity contribution in [2.75, 3.05) is 11.4 Å². The van der Waals surface area contributed by atoms with Gasteiger partial charge < -0.3 is 0 Å². The molecule has 5 nitrogen and oxygen atoms in total. The number of amides is 1. The predicted molar refractivity (Wildman–Crippen MR) is 77.9 cm³/mol. The average molecular weight is 288 g/mol. The molecule has 1 aliphatic carbocycles. The highest BCUT2D eigenvalue weighted by Crippen LogP contribution is 2.40. The van der Waals surface area contributed by atoms with Gasteiger partial charge in [0, 0.05) is 20.0 Å². The maximum atomic E-state index is 11.9. The molecule has 1 aliphatic heterocycles. The molecule has 0 N–H and O–H groups in total. The Balaban J connectivity index is 1.83. The van der Waals surface area contributed by atoms with E-state index in [1.807, 2.05) is 22.8 Å². The summed E-state index contributed by atoms with van der Waals surface area (Å²) in [7, 11) is 1.98. The van der Waals surface area contributed by atoms with Crippen molar-refractivity contribution in [1.82, 2.24) is 14.8 Å². The second-order valence-corrected chi connectivity index (χ2v) is 6.39. The van der Waals surface area contributed by atoms with Crippen LogP contribution < -0.4 is 4.90 Å². The van der Waals surface area contributed by atoms with E-state index in [0.717, 1.165) is 43.1 Å². The van der Waals surface area contributed by atoms with Crippen LogP contribution in [0.2, 0.25) is 0 Å². The number of carbonyl (C=O) groups is 1. The number of fused-ring (bicyclic) bond motifs is 3. The molecule has 3 heterocycles. The van der Waals surface area contributed by atoms with E-state index in [0.29, 0.717) is 6.42 Å². The van der Waals surface area contributed by atoms with E-state index in [9.17, 15) is 4.79 Å². The molecule has 1 fully saturated rings. The van der Waals surface area contributed by atoms with Gasteiger partial charge >= 0.3 is 0 Å². The highest BCUT2D eigenvalue weighted by molar-refractivity contribution is 7.19. The summed E-state index contributed by atoms with van der Waals surface area (Å²) in [6.45, 7) is 0.809. The summed E-state index contributed by atoms with van der Waals surface area (Å²) in [5.74, 6) is 0.208. The lowest BCUT2D eigenvalue weighted by molar-refractivity contribution is -0.117. The minimum Gasteiger partial charge on any atom is -0.288 e. The number of rotatable bonds is 1. The maximum absolute atomic E-state index is 11.9. The Bertz CT molecular complexity index is 687. The predicted octanol–water partition coefficient (Wildman–Crippen LogP) is 2.16. The molecule has 20 heavy (non-hydrogen) atoms. The Morgan fingerprint density at radius 2 is 2.15 bits per heavy atom. The van der Waals surface area contributed by atoms with Gasteiger partial charge in [0.2, 0.25) is 5.91 Å². The Labute approximate surface area is 121 Å². The molecule has 2 aromatic rings. The monoisotopic (exact) mass is 288 g/mol. The summed E-state index contributed by atoms with van der Waals surface area (Å²) in [4.78, 5) is 19.7. The Kier molecular flexibility index (Phi) is 2.66. The fraction of sp³-hybridized carbons (Fsp3) is 0.500. The highest BCUT2D eigenvalue weighted by Gasteiger charge is 2.28. The lowest BCUT2D eigenvalue weighted by Crippen LogP contribution is -2.23. The molecule has 0 atom stereocenters. The van der Waals surface area contributed by atoms with Crippen LogP contribution >= 0.6 is 11.3 Å². The Morgan fingerprint density at radius 1 is 1.25 bits per heavy atom. The lowest BCUT2D eigenvalue weighted by atomic mass is 10.1. The van der Waals surface area contributed by atoms with Gasteiger partial charge in [0.1, 0.15) is 0 Å². The number of nitrogens with zero attached hydrogens (tertiary/aromatic N) is 4.